The van der Waals surface area contributed by atoms with Gasteiger partial charge in [-0.05, 0) is 21.0 Å². The van der Waals surface area contributed by atoms with Gasteiger partial charge in [-0.25, -0.2) is 4.79 Å². The first-order valence-electron chi connectivity index (χ1n) is 5.69. The summed E-state index contributed by atoms with van der Waals surface area (Å²) in [6.45, 7) is 2.63. The van der Waals surface area contributed by atoms with Gasteiger partial charge in [0.05, 0.1) is 12.8 Å². The molecule has 0 aromatic carbocycles. The summed E-state index contributed by atoms with van der Waals surface area (Å²) in [5.74, 6) is -0.412. The molecular formula is C11H18N4O3. The van der Waals surface area contributed by atoms with E-state index >= 15 is 0 Å². The number of aromatic nitrogens is 2. The van der Waals surface area contributed by atoms with Gasteiger partial charge in [-0.2, -0.15) is 5.10 Å². The second-order valence-corrected chi connectivity index (χ2v) is 3.98. The second kappa shape index (κ2) is 6.75. The summed E-state index contributed by atoms with van der Waals surface area (Å²) < 4.78 is 4.85. The molecule has 0 unspecified atom stereocenters. The maximum absolute atomic E-state index is 11.6. The van der Waals surface area contributed by atoms with Gasteiger partial charge in [-0.15, -0.1) is 0 Å². The highest BCUT2D eigenvalue weighted by Gasteiger charge is 2.16. The van der Waals surface area contributed by atoms with Crippen LogP contribution < -0.4 is 5.32 Å². The summed E-state index contributed by atoms with van der Waals surface area (Å²) in [5, 5.41) is 8.89. The predicted molar refractivity (Wildman–Crippen MR) is 66.3 cm³/mol. The highest BCUT2D eigenvalue weighted by atomic mass is 16.5. The van der Waals surface area contributed by atoms with Crippen LogP contribution in [0.3, 0.4) is 0 Å². The van der Waals surface area contributed by atoms with E-state index in [9.17, 15) is 9.59 Å². The van der Waals surface area contributed by atoms with Crippen molar-refractivity contribution in [1.82, 2.24) is 15.1 Å². The molecule has 7 nitrogen and oxygen atoms in total. The Kier molecular flexibility index (Phi) is 5.31. The lowest BCUT2D eigenvalue weighted by Gasteiger charge is -2.09. The molecule has 0 radical (unpaired) electrons. The van der Waals surface area contributed by atoms with Gasteiger partial charge in [-0.1, -0.05) is 0 Å². The molecule has 100 valence electrons. The van der Waals surface area contributed by atoms with Crippen LogP contribution in [0.4, 0.5) is 5.82 Å². The van der Waals surface area contributed by atoms with E-state index in [4.69, 9.17) is 4.74 Å². The highest BCUT2D eigenvalue weighted by Crippen LogP contribution is 2.12. The van der Waals surface area contributed by atoms with E-state index in [0.717, 1.165) is 0 Å². The number of nitrogens with zero attached hydrogens (tertiary/aromatic N) is 2. The van der Waals surface area contributed by atoms with Gasteiger partial charge in [0, 0.05) is 13.0 Å². The van der Waals surface area contributed by atoms with Crippen molar-refractivity contribution in [3.63, 3.8) is 0 Å². The van der Waals surface area contributed by atoms with Crippen molar-refractivity contribution in [1.29, 1.82) is 0 Å². The van der Waals surface area contributed by atoms with Crippen LogP contribution in [0.2, 0.25) is 0 Å². The molecule has 18 heavy (non-hydrogen) atoms. The molecule has 0 bridgehead atoms. The zero-order valence-corrected chi connectivity index (χ0v) is 10.8. The molecule has 0 aliphatic heterocycles. The van der Waals surface area contributed by atoms with Gasteiger partial charge in [0.15, 0.2) is 0 Å². The van der Waals surface area contributed by atoms with Gasteiger partial charge in [-0.3, -0.25) is 9.89 Å². The van der Waals surface area contributed by atoms with Gasteiger partial charge in [0.2, 0.25) is 5.91 Å². The molecule has 2 N–H and O–H groups in total. The number of anilines is 1. The number of aromatic amines is 1. The Morgan fingerprint density at radius 1 is 1.50 bits per heavy atom. The summed E-state index contributed by atoms with van der Waals surface area (Å²) in [6, 6.07) is 0. The average Bonchev–Trinajstić information content (AvgIpc) is 2.75. The van der Waals surface area contributed by atoms with Crippen molar-refractivity contribution < 1.29 is 14.3 Å². The molecule has 1 amide bonds. The maximum atomic E-state index is 11.6. The Balaban J connectivity index is 2.59. The largest absolute Gasteiger partial charge is 0.462 e. The number of H-pyrrole nitrogens is 1. The Labute approximate surface area is 105 Å². The minimum atomic E-state index is -0.505. The average molecular weight is 254 g/mol. The van der Waals surface area contributed by atoms with Crippen LogP contribution in [-0.2, 0) is 9.53 Å². The number of ether oxygens (including phenoxy) is 1. The summed E-state index contributed by atoms with van der Waals surface area (Å²) in [5.41, 5.74) is 0.232. The molecule has 0 spiro atoms. The van der Waals surface area contributed by atoms with E-state index in [2.05, 4.69) is 15.5 Å². The van der Waals surface area contributed by atoms with Gasteiger partial charge >= 0.3 is 5.97 Å². The minimum Gasteiger partial charge on any atom is -0.462 e. The Bertz CT molecular complexity index is 414. The van der Waals surface area contributed by atoms with Crippen LogP contribution in [0.5, 0.6) is 0 Å². The molecule has 1 rings (SSSR count). The van der Waals surface area contributed by atoms with Crippen LogP contribution in [0.15, 0.2) is 6.20 Å². The van der Waals surface area contributed by atoms with Crippen LogP contribution in [0.25, 0.3) is 0 Å². The molecular weight excluding hydrogens is 236 g/mol. The van der Waals surface area contributed by atoms with E-state index in [1.54, 1.807) is 6.92 Å². The van der Waals surface area contributed by atoms with Crippen molar-refractivity contribution in [2.45, 2.75) is 13.3 Å². The first kappa shape index (κ1) is 14.2. The zero-order valence-electron chi connectivity index (χ0n) is 10.8. The molecule has 0 saturated carbocycles. The summed E-state index contributed by atoms with van der Waals surface area (Å²) in [4.78, 5) is 25.0. The minimum absolute atomic E-state index is 0.182. The molecule has 0 aliphatic rings. The quantitative estimate of drug-likeness (QED) is 0.721. The zero-order chi connectivity index (χ0) is 13.5. The first-order valence-corrected chi connectivity index (χ1v) is 5.69. The number of rotatable bonds is 6. The van der Waals surface area contributed by atoms with Crippen LogP contribution in [-0.4, -0.2) is 54.2 Å². The van der Waals surface area contributed by atoms with Crippen molar-refractivity contribution in [3.8, 4) is 0 Å². The maximum Gasteiger partial charge on any atom is 0.343 e. The molecule has 7 heteroatoms. The van der Waals surface area contributed by atoms with Crippen molar-refractivity contribution in [3.05, 3.63) is 11.8 Å². The van der Waals surface area contributed by atoms with Gasteiger partial charge < -0.3 is 15.0 Å². The Morgan fingerprint density at radius 3 is 2.83 bits per heavy atom. The van der Waals surface area contributed by atoms with E-state index in [1.165, 1.54) is 6.20 Å². The van der Waals surface area contributed by atoms with Crippen LogP contribution in [0.1, 0.15) is 23.7 Å². The van der Waals surface area contributed by atoms with Gasteiger partial charge in [0.1, 0.15) is 11.4 Å². The van der Waals surface area contributed by atoms with Crippen molar-refractivity contribution in [2.24, 2.45) is 0 Å². The van der Waals surface area contributed by atoms with E-state index in [1.807, 2.05) is 19.0 Å². The molecule has 0 fully saturated rings. The molecule has 0 aliphatic carbocycles. The molecule has 1 heterocycles. The van der Waals surface area contributed by atoms with E-state index in [0.29, 0.717) is 13.0 Å². The third kappa shape index (κ3) is 4.17. The SMILES string of the molecule is CCOC(=O)c1cn[nH]c1NC(=O)CCN(C)C. The second-order valence-electron chi connectivity index (χ2n) is 3.98. The third-order valence-electron chi connectivity index (χ3n) is 2.19. The fourth-order valence-electron chi connectivity index (χ4n) is 1.27. The molecule has 0 atom stereocenters. The summed E-state index contributed by atoms with van der Waals surface area (Å²) in [7, 11) is 3.76. The normalized spacial score (nSPS) is 10.4. The van der Waals surface area contributed by atoms with Gasteiger partial charge in [0.25, 0.3) is 0 Å². The number of carbonyl (C=O) groups excluding carboxylic acids is 2. The standard InChI is InChI=1S/C11H18N4O3/c1-4-18-11(17)8-7-12-14-10(8)13-9(16)5-6-15(2)3/h7H,4-6H2,1-3H3,(H2,12,13,14,16). The number of nitrogens with one attached hydrogen (secondary N) is 2. The topological polar surface area (TPSA) is 87.3 Å². The number of esters is 1. The Morgan fingerprint density at radius 2 is 2.22 bits per heavy atom. The van der Waals surface area contributed by atoms with E-state index in [-0.39, 0.29) is 23.9 Å². The van der Waals surface area contributed by atoms with Crippen molar-refractivity contribution in [2.75, 3.05) is 32.6 Å². The lowest BCUT2D eigenvalue weighted by Crippen LogP contribution is -2.21. The van der Waals surface area contributed by atoms with E-state index < -0.39 is 5.97 Å². The van der Waals surface area contributed by atoms with Crippen LogP contribution >= 0.6 is 0 Å². The molecule has 1 aromatic rings. The third-order valence-corrected chi connectivity index (χ3v) is 2.19. The number of hydrogen-bond acceptors (Lipinski definition) is 5. The fourth-order valence-corrected chi connectivity index (χ4v) is 1.27. The van der Waals surface area contributed by atoms with Crippen LogP contribution in [0, 0.1) is 0 Å². The monoisotopic (exact) mass is 254 g/mol. The first-order chi connectivity index (χ1) is 8.54. The number of amides is 1. The number of hydrogen-bond donors (Lipinski definition) is 2. The summed E-state index contributed by atoms with van der Waals surface area (Å²) >= 11 is 0. The summed E-state index contributed by atoms with van der Waals surface area (Å²) in [6.07, 6.45) is 1.67. The lowest BCUT2D eigenvalue weighted by molar-refractivity contribution is -0.116. The smallest absolute Gasteiger partial charge is 0.343 e. The van der Waals surface area contributed by atoms with Crippen molar-refractivity contribution >= 4 is 17.7 Å². The highest BCUT2D eigenvalue weighted by molar-refractivity contribution is 5.99. The predicted octanol–water partition coefficient (Wildman–Crippen LogP) is 0.477. The fraction of sp³-hybridized carbons (Fsp3) is 0.545. The Hall–Kier alpha value is -1.89. The molecule has 1 aromatic heterocycles. The molecule has 0 saturated heterocycles. The number of carbonyl (C=O) groups is 2. The lowest BCUT2D eigenvalue weighted by atomic mass is 10.3.